The van der Waals surface area contributed by atoms with Gasteiger partial charge in [-0.05, 0) is 37.4 Å². The van der Waals surface area contributed by atoms with Gasteiger partial charge in [0.2, 0.25) is 5.91 Å². The first kappa shape index (κ1) is 11.1. The lowest BCUT2D eigenvalue weighted by atomic mass is 10.00. The quantitative estimate of drug-likeness (QED) is 0.833. The summed E-state index contributed by atoms with van der Waals surface area (Å²) >= 11 is 0. The Morgan fingerprint density at radius 3 is 2.88 bits per heavy atom. The zero-order chi connectivity index (χ0) is 11.7. The van der Waals surface area contributed by atoms with Crippen molar-refractivity contribution in [1.29, 1.82) is 0 Å². The maximum atomic E-state index is 11.7. The van der Waals surface area contributed by atoms with Crippen LogP contribution in [0.4, 0.5) is 5.69 Å². The number of benzene rings is 1. The van der Waals surface area contributed by atoms with E-state index in [0.717, 1.165) is 18.5 Å². The molecule has 0 bridgehead atoms. The molecule has 1 amide bonds. The number of fused-ring (bicyclic) bond motifs is 1. The lowest BCUT2D eigenvalue weighted by Gasteiger charge is -2.16. The SMILES string of the molecule is Cc1cc(CCCN)c2c(c1)CC(=O)N2C. The number of rotatable bonds is 3. The minimum Gasteiger partial charge on any atom is -0.330 e. The van der Waals surface area contributed by atoms with Crippen LogP contribution in [0, 0.1) is 6.92 Å². The largest absolute Gasteiger partial charge is 0.330 e. The maximum Gasteiger partial charge on any atom is 0.231 e. The van der Waals surface area contributed by atoms with Crippen LogP contribution in [0.1, 0.15) is 23.1 Å². The Balaban J connectivity index is 2.42. The van der Waals surface area contributed by atoms with Crippen molar-refractivity contribution in [3.8, 4) is 0 Å². The molecular weight excluding hydrogens is 200 g/mol. The minimum absolute atomic E-state index is 0.189. The molecule has 86 valence electrons. The van der Waals surface area contributed by atoms with E-state index >= 15 is 0 Å². The second-order valence-corrected chi connectivity index (χ2v) is 4.45. The highest BCUT2D eigenvalue weighted by molar-refractivity contribution is 6.01. The van der Waals surface area contributed by atoms with Crippen LogP contribution in [0.25, 0.3) is 0 Å². The number of amides is 1. The molecule has 0 spiro atoms. The summed E-state index contributed by atoms with van der Waals surface area (Å²) in [7, 11) is 1.86. The predicted octanol–water partition coefficient (Wildman–Crippen LogP) is 1.41. The lowest BCUT2D eigenvalue weighted by molar-refractivity contribution is -0.117. The number of aryl methyl sites for hydroxylation is 2. The molecule has 2 N–H and O–H groups in total. The van der Waals surface area contributed by atoms with Gasteiger partial charge in [-0.15, -0.1) is 0 Å². The van der Waals surface area contributed by atoms with Crippen molar-refractivity contribution in [2.75, 3.05) is 18.5 Å². The number of hydrogen-bond donors (Lipinski definition) is 1. The van der Waals surface area contributed by atoms with Crippen molar-refractivity contribution in [3.05, 3.63) is 28.8 Å². The van der Waals surface area contributed by atoms with Gasteiger partial charge in [0.25, 0.3) is 0 Å². The third kappa shape index (κ3) is 1.83. The number of carbonyl (C=O) groups excluding carboxylic acids is 1. The van der Waals surface area contributed by atoms with E-state index in [1.54, 1.807) is 4.90 Å². The van der Waals surface area contributed by atoms with Crippen LogP contribution in [0.2, 0.25) is 0 Å². The fraction of sp³-hybridized carbons (Fsp3) is 0.462. The number of anilines is 1. The molecule has 3 nitrogen and oxygen atoms in total. The van der Waals surface area contributed by atoms with Crippen LogP contribution in [-0.4, -0.2) is 19.5 Å². The van der Waals surface area contributed by atoms with Crippen molar-refractivity contribution in [2.45, 2.75) is 26.2 Å². The van der Waals surface area contributed by atoms with Gasteiger partial charge in [-0.2, -0.15) is 0 Å². The Hall–Kier alpha value is -1.35. The average molecular weight is 218 g/mol. The first-order valence-corrected chi connectivity index (χ1v) is 5.72. The van der Waals surface area contributed by atoms with Crippen LogP contribution in [-0.2, 0) is 17.6 Å². The molecule has 0 saturated carbocycles. The third-order valence-corrected chi connectivity index (χ3v) is 3.11. The van der Waals surface area contributed by atoms with E-state index in [2.05, 4.69) is 19.1 Å². The van der Waals surface area contributed by atoms with Gasteiger partial charge in [0.1, 0.15) is 0 Å². The predicted molar refractivity (Wildman–Crippen MR) is 65.7 cm³/mol. The molecule has 0 aliphatic carbocycles. The normalized spacial score (nSPS) is 14.4. The van der Waals surface area contributed by atoms with Gasteiger partial charge in [-0.25, -0.2) is 0 Å². The Labute approximate surface area is 96.2 Å². The van der Waals surface area contributed by atoms with E-state index < -0.39 is 0 Å². The van der Waals surface area contributed by atoms with Gasteiger partial charge in [0, 0.05) is 7.05 Å². The van der Waals surface area contributed by atoms with Crippen molar-refractivity contribution < 1.29 is 4.79 Å². The molecule has 1 heterocycles. The smallest absolute Gasteiger partial charge is 0.231 e. The minimum atomic E-state index is 0.189. The van der Waals surface area contributed by atoms with Crippen LogP contribution in [0.3, 0.4) is 0 Å². The summed E-state index contributed by atoms with van der Waals surface area (Å²) < 4.78 is 0. The molecule has 16 heavy (non-hydrogen) atoms. The average Bonchev–Trinajstić information content (AvgIpc) is 2.51. The molecule has 3 heteroatoms. The van der Waals surface area contributed by atoms with Gasteiger partial charge >= 0.3 is 0 Å². The highest BCUT2D eigenvalue weighted by atomic mass is 16.2. The lowest BCUT2D eigenvalue weighted by Crippen LogP contribution is -2.21. The zero-order valence-electron chi connectivity index (χ0n) is 9.92. The van der Waals surface area contributed by atoms with E-state index in [9.17, 15) is 4.79 Å². The summed E-state index contributed by atoms with van der Waals surface area (Å²) in [4.78, 5) is 13.4. The second-order valence-electron chi connectivity index (χ2n) is 4.45. The maximum absolute atomic E-state index is 11.7. The second kappa shape index (κ2) is 4.26. The number of carbonyl (C=O) groups is 1. The topological polar surface area (TPSA) is 46.3 Å². The Morgan fingerprint density at radius 1 is 1.44 bits per heavy atom. The zero-order valence-corrected chi connectivity index (χ0v) is 9.92. The molecule has 0 aromatic heterocycles. The van der Waals surface area contributed by atoms with E-state index in [1.807, 2.05) is 7.05 Å². The van der Waals surface area contributed by atoms with Gasteiger partial charge < -0.3 is 10.6 Å². The molecule has 0 atom stereocenters. The van der Waals surface area contributed by atoms with Crippen LogP contribution in [0.15, 0.2) is 12.1 Å². The first-order valence-electron chi connectivity index (χ1n) is 5.72. The summed E-state index contributed by atoms with van der Waals surface area (Å²) in [5.74, 6) is 0.189. The van der Waals surface area contributed by atoms with Crippen molar-refractivity contribution in [3.63, 3.8) is 0 Å². The number of likely N-dealkylation sites (N-methyl/N-ethyl adjacent to an activating group) is 1. The third-order valence-electron chi connectivity index (χ3n) is 3.11. The Morgan fingerprint density at radius 2 is 2.19 bits per heavy atom. The van der Waals surface area contributed by atoms with Crippen molar-refractivity contribution in [2.24, 2.45) is 5.73 Å². The Kier molecular flexibility index (Phi) is 2.97. The summed E-state index contributed by atoms with van der Waals surface area (Å²) in [6.07, 6.45) is 2.47. The molecule has 1 aromatic rings. The van der Waals surface area contributed by atoms with E-state index in [4.69, 9.17) is 5.73 Å². The molecule has 1 aliphatic rings. The molecule has 0 fully saturated rings. The van der Waals surface area contributed by atoms with Gasteiger partial charge in [-0.1, -0.05) is 17.7 Å². The monoisotopic (exact) mass is 218 g/mol. The van der Waals surface area contributed by atoms with E-state index in [1.165, 1.54) is 16.7 Å². The summed E-state index contributed by atoms with van der Waals surface area (Å²) in [6.45, 7) is 2.77. The molecular formula is C13H18N2O. The number of nitrogens with zero attached hydrogens (tertiary/aromatic N) is 1. The summed E-state index contributed by atoms with van der Waals surface area (Å²) in [5.41, 5.74) is 10.3. The van der Waals surface area contributed by atoms with Crippen molar-refractivity contribution in [1.82, 2.24) is 0 Å². The summed E-state index contributed by atoms with van der Waals surface area (Å²) in [5, 5.41) is 0. The van der Waals surface area contributed by atoms with Crippen LogP contribution >= 0.6 is 0 Å². The molecule has 0 radical (unpaired) electrons. The molecule has 2 rings (SSSR count). The first-order chi connectivity index (χ1) is 7.63. The van der Waals surface area contributed by atoms with Gasteiger partial charge in [0.05, 0.1) is 12.1 Å². The molecule has 1 aromatic carbocycles. The highest BCUT2D eigenvalue weighted by Crippen LogP contribution is 2.33. The molecule has 1 aliphatic heterocycles. The Bertz CT molecular complexity index is 426. The van der Waals surface area contributed by atoms with Crippen LogP contribution < -0.4 is 10.6 Å². The number of nitrogens with two attached hydrogens (primary N) is 1. The standard InChI is InChI=1S/C13H18N2O/c1-9-6-10(4-3-5-14)13-11(7-9)8-12(16)15(13)2/h6-7H,3-5,8,14H2,1-2H3. The van der Waals surface area contributed by atoms with E-state index in [0.29, 0.717) is 13.0 Å². The fourth-order valence-corrected chi connectivity index (χ4v) is 2.39. The van der Waals surface area contributed by atoms with Crippen molar-refractivity contribution >= 4 is 11.6 Å². The molecule has 0 saturated heterocycles. The fourth-order valence-electron chi connectivity index (χ4n) is 2.39. The van der Waals surface area contributed by atoms with E-state index in [-0.39, 0.29) is 5.91 Å². The number of hydrogen-bond acceptors (Lipinski definition) is 2. The highest BCUT2D eigenvalue weighted by Gasteiger charge is 2.26. The van der Waals surface area contributed by atoms with Gasteiger partial charge in [0.15, 0.2) is 0 Å². The van der Waals surface area contributed by atoms with Crippen LogP contribution in [0.5, 0.6) is 0 Å². The van der Waals surface area contributed by atoms with Gasteiger partial charge in [-0.3, -0.25) is 4.79 Å². The summed E-state index contributed by atoms with van der Waals surface area (Å²) in [6, 6.07) is 4.28. The molecule has 0 unspecified atom stereocenters.